The van der Waals surface area contributed by atoms with E-state index in [4.69, 9.17) is 19.1 Å². The second-order valence-electron chi connectivity index (χ2n) is 14.0. The van der Waals surface area contributed by atoms with E-state index >= 15 is 0 Å². The summed E-state index contributed by atoms with van der Waals surface area (Å²) in [4.78, 5) is 34.9. The Hall–Kier alpha value is -1.29. The maximum absolute atomic E-state index is 12.6. The quantitative estimate of drug-likeness (QED) is 0.0240. The Balaban J connectivity index is 4.31. The number of aliphatic hydroxyl groups is 2. The van der Waals surface area contributed by atoms with E-state index in [1.54, 1.807) is 0 Å². The van der Waals surface area contributed by atoms with Crippen LogP contribution in [0.1, 0.15) is 194 Å². The lowest BCUT2D eigenvalue weighted by Crippen LogP contribution is -2.29. The van der Waals surface area contributed by atoms with E-state index in [1.807, 2.05) is 0 Å². The molecule has 0 saturated carbocycles. The van der Waals surface area contributed by atoms with Crippen LogP contribution < -0.4 is 0 Å². The number of carbonyl (C=O) groups excluding carboxylic acids is 2. The van der Waals surface area contributed by atoms with Crippen molar-refractivity contribution < 1.29 is 47.8 Å². The molecule has 0 amide bonds. The zero-order valence-corrected chi connectivity index (χ0v) is 33.5. The summed E-state index contributed by atoms with van der Waals surface area (Å²) in [5.74, 6) is -0.922. The second kappa shape index (κ2) is 37.0. The van der Waals surface area contributed by atoms with Crippen LogP contribution in [0.15, 0.2) is 12.2 Å². The van der Waals surface area contributed by atoms with Crippen LogP contribution in [-0.2, 0) is 32.7 Å². The Bertz CT molecular complexity index is 868. The summed E-state index contributed by atoms with van der Waals surface area (Å²) < 4.78 is 32.6. The lowest BCUT2D eigenvalue weighted by atomic mass is 10.0. The Labute approximate surface area is 311 Å². The molecule has 0 aromatic rings. The van der Waals surface area contributed by atoms with Crippen molar-refractivity contribution >= 4 is 19.8 Å². The molecule has 0 aromatic heterocycles. The van der Waals surface area contributed by atoms with Gasteiger partial charge in [-0.05, 0) is 38.5 Å². The Morgan fingerprint density at radius 1 is 0.569 bits per heavy atom. The first-order valence-corrected chi connectivity index (χ1v) is 22.1. The Morgan fingerprint density at radius 3 is 1.43 bits per heavy atom. The number of rotatable bonds is 39. The third kappa shape index (κ3) is 36.8. The first-order chi connectivity index (χ1) is 24.7. The van der Waals surface area contributed by atoms with Gasteiger partial charge in [-0.2, -0.15) is 0 Å². The normalized spacial score (nSPS) is 14.1. The number of phosphoric acid groups is 1. The molecule has 51 heavy (non-hydrogen) atoms. The predicted molar refractivity (Wildman–Crippen MR) is 205 cm³/mol. The zero-order chi connectivity index (χ0) is 37.7. The van der Waals surface area contributed by atoms with Crippen molar-refractivity contribution in [2.45, 2.75) is 206 Å². The van der Waals surface area contributed by atoms with E-state index in [-0.39, 0.29) is 19.4 Å². The largest absolute Gasteiger partial charge is 0.472 e. The van der Waals surface area contributed by atoms with Crippen LogP contribution in [0.3, 0.4) is 0 Å². The molecule has 3 atom stereocenters. The first kappa shape index (κ1) is 49.7. The van der Waals surface area contributed by atoms with Crippen LogP contribution in [0.25, 0.3) is 0 Å². The molecule has 1 unspecified atom stereocenters. The van der Waals surface area contributed by atoms with Gasteiger partial charge >= 0.3 is 19.8 Å². The van der Waals surface area contributed by atoms with Crippen molar-refractivity contribution in [2.75, 3.05) is 26.4 Å². The van der Waals surface area contributed by atoms with Crippen LogP contribution in [0.2, 0.25) is 0 Å². The lowest BCUT2D eigenvalue weighted by molar-refractivity contribution is -0.161. The van der Waals surface area contributed by atoms with Gasteiger partial charge in [0.05, 0.1) is 19.8 Å². The maximum Gasteiger partial charge on any atom is 0.472 e. The lowest BCUT2D eigenvalue weighted by Gasteiger charge is -2.20. The molecule has 0 aliphatic rings. The fraction of sp³-hybridized carbons (Fsp3) is 0.900. The van der Waals surface area contributed by atoms with Crippen LogP contribution in [0.5, 0.6) is 0 Å². The number of ether oxygens (including phenoxy) is 2. The van der Waals surface area contributed by atoms with Gasteiger partial charge in [-0.3, -0.25) is 18.6 Å². The van der Waals surface area contributed by atoms with Crippen LogP contribution in [0.4, 0.5) is 0 Å². The van der Waals surface area contributed by atoms with Gasteiger partial charge in [0.2, 0.25) is 0 Å². The molecular formula is C40H77O10P. The molecule has 0 saturated heterocycles. The van der Waals surface area contributed by atoms with E-state index in [2.05, 4.69) is 30.5 Å². The van der Waals surface area contributed by atoms with Gasteiger partial charge in [0.15, 0.2) is 6.10 Å². The van der Waals surface area contributed by atoms with Gasteiger partial charge in [0.1, 0.15) is 12.7 Å². The molecule has 11 heteroatoms. The minimum absolute atomic E-state index is 0.183. The number of esters is 2. The summed E-state index contributed by atoms with van der Waals surface area (Å²) in [6.07, 6.45) is 33.1. The van der Waals surface area contributed by atoms with Gasteiger partial charge in [-0.15, -0.1) is 0 Å². The monoisotopic (exact) mass is 749 g/mol. The number of hydrogen-bond acceptors (Lipinski definition) is 9. The molecule has 0 aliphatic carbocycles. The number of allylic oxidation sites excluding steroid dienone is 2. The molecule has 0 rings (SSSR count). The highest BCUT2D eigenvalue weighted by atomic mass is 31.2. The van der Waals surface area contributed by atoms with Crippen molar-refractivity contribution in [1.29, 1.82) is 0 Å². The molecule has 0 radical (unpaired) electrons. The highest BCUT2D eigenvalue weighted by molar-refractivity contribution is 7.47. The third-order valence-electron chi connectivity index (χ3n) is 8.92. The molecular weight excluding hydrogens is 671 g/mol. The predicted octanol–water partition coefficient (Wildman–Crippen LogP) is 10.4. The Morgan fingerprint density at radius 2 is 0.961 bits per heavy atom. The van der Waals surface area contributed by atoms with E-state index < -0.39 is 51.8 Å². The van der Waals surface area contributed by atoms with Gasteiger partial charge in [-0.1, -0.05) is 154 Å². The summed E-state index contributed by atoms with van der Waals surface area (Å²) >= 11 is 0. The minimum atomic E-state index is -4.61. The minimum Gasteiger partial charge on any atom is -0.462 e. The van der Waals surface area contributed by atoms with Gasteiger partial charge in [0, 0.05) is 12.8 Å². The van der Waals surface area contributed by atoms with E-state index in [0.29, 0.717) is 12.8 Å². The van der Waals surface area contributed by atoms with Crippen molar-refractivity contribution in [3.05, 3.63) is 12.2 Å². The topological polar surface area (TPSA) is 149 Å². The van der Waals surface area contributed by atoms with Crippen molar-refractivity contribution in [2.24, 2.45) is 0 Å². The number of aliphatic hydroxyl groups excluding tert-OH is 2. The smallest absolute Gasteiger partial charge is 0.462 e. The summed E-state index contributed by atoms with van der Waals surface area (Å²) in [7, 11) is -4.61. The highest BCUT2D eigenvalue weighted by Crippen LogP contribution is 2.43. The first-order valence-electron chi connectivity index (χ1n) is 20.6. The van der Waals surface area contributed by atoms with Crippen LogP contribution >= 0.6 is 7.82 Å². The summed E-state index contributed by atoms with van der Waals surface area (Å²) in [5.41, 5.74) is 0. The SMILES string of the molecule is CCCCCCC=CCCCCCCCCCC(=O)O[C@H](COC(=O)CCCCCCCCCCCCCCC)COP(=O)(O)OC[C@@H](O)CO. The number of unbranched alkanes of at least 4 members (excludes halogenated alkanes) is 23. The van der Waals surface area contributed by atoms with Crippen LogP contribution in [-0.4, -0.2) is 65.7 Å². The Kier molecular flexibility index (Phi) is 36.1. The standard InChI is InChI=1S/C40H77O10P/c1-3-5-7-9-11-13-15-17-18-20-22-24-26-28-30-32-40(44)50-38(36-49-51(45,46)48-34-37(42)33-41)35-47-39(43)31-29-27-25-23-21-19-16-14-12-10-8-6-4-2/h13,15,37-38,41-42H,3-12,14,16-36H2,1-2H3,(H,45,46)/t37-,38+/m0/s1. The molecule has 0 fully saturated rings. The second-order valence-corrected chi connectivity index (χ2v) is 15.5. The average molecular weight is 749 g/mol. The molecule has 0 aliphatic heterocycles. The van der Waals surface area contributed by atoms with E-state index in [1.165, 1.54) is 109 Å². The van der Waals surface area contributed by atoms with E-state index in [9.17, 15) is 24.2 Å². The van der Waals surface area contributed by atoms with E-state index in [0.717, 1.165) is 44.9 Å². The fourth-order valence-electron chi connectivity index (χ4n) is 5.69. The molecule has 0 aromatic carbocycles. The van der Waals surface area contributed by atoms with Crippen molar-refractivity contribution in [3.63, 3.8) is 0 Å². The summed E-state index contributed by atoms with van der Waals surface area (Å²) in [5, 5.41) is 18.3. The van der Waals surface area contributed by atoms with Gasteiger partial charge in [-0.25, -0.2) is 4.57 Å². The highest BCUT2D eigenvalue weighted by Gasteiger charge is 2.27. The number of phosphoric ester groups is 1. The van der Waals surface area contributed by atoms with Gasteiger partial charge < -0.3 is 24.6 Å². The van der Waals surface area contributed by atoms with Crippen LogP contribution in [0, 0.1) is 0 Å². The average Bonchev–Trinajstić information content (AvgIpc) is 3.12. The third-order valence-corrected chi connectivity index (χ3v) is 9.87. The molecule has 0 bridgehead atoms. The molecule has 0 heterocycles. The summed E-state index contributed by atoms with van der Waals surface area (Å²) in [6, 6.07) is 0. The summed E-state index contributed by atoms with van der Waals surface area (Å²) in [6.45, 7) is 2.37. The molecule has 3 N–H and O–H groups in total. The van der Waals surface area contributed by atoms with Gasteiger partial charge in [0.25, 0.3) is 0 Å². The number of hydrogen-bond donors (Lipinski definition) is 3. The molecule has 302 valence electrons. The fourth-order valence-corrected chi connectivity index (χ4v) is 6.48. The number of carbonyl (C=O) groups is 2. The van der Waals surface area contributed by atoms with Crippen molar-refractivity contribution in [3.8, 4) is 0 Å². The van der Waals surface area contributed by atoms with Crippen molar-refractivity contribution in [1.82, 2.24) is 0 Å². The zero-order valence-electron chi connectivity index (χ0n) is 32.6. The molecule has 10 nitrogen and oxygen atoms in total. The maximum atomic E-state index is 12.6. The molecule has 0 spiro atoms.